The number of thiocarbonyl (C=S) groups is 1. The van der Waals surface area contributed by atoms with Crippen LogP contribution in [-0.2, 0) is 9.59 Å². The Hall–Kier alpha value is -2.84. The van der Waals surface area contributed by atoms with Crippen molar-refractivity contribution in [2.75, 3.05) is 4.90 Å². The molecule has 0 bridgehead atoms. The Morgan fingerprint density at radius 1 is 0.839 bits per heavy atom. The third-order valence-electron chi connectivity index (χ3n) is 4.57. The van der Waals surface area contributed by atoms with Gasteiger partial charge in [-0.05, 0) is 72.9 Å². The lowest BCUT2D eigenvalue weighted by Crippen LogP contribution is -2.54. The molecule has 4 rings (SSSR count). The fourth-order valence-electron chi connectivity index (χ4n) is 3.06. The Kier molecular flexibility index (Phi) is 6.02. The molecule has 0 radical (unpaired) electrons. The lowest BCUT2D eigenvalue weighted by atomic mass is 10.1. The van der Waals surface area contributed by atoms with E-state index in [4.69, 9.17) is 47.6 Å². The Balaban J connectivity index is 1.76. The van der Waals surface area contributed by atoms with E-state index in [1.54, 1.807) is 59.3 Å². The topological polar surface area (TPSA) is 54.3 Å². The number of hydrogen-bond donors (Lipinski definition) is 1. The minimum Gasteiger partial charge on any atom is -0.308 e. The maximum absolute atomic E-state index is 13.2. The number of carbonyl (C=O) groups is 2. The molecule has 0 saturated carbocycles. The van der Waals surface area contributed by atoms with Crippen LogP contribution >= 0.6 is 47.6 Å². The molecule has 0 unspecified atom stereocenters. The molecule has 0 spiro atoms. The number of anilines is 1. The van der Waals surface area contributed by atoms with Gasteiger partial charge >= 0.3 is 0 Å². The number of carbonyl (C=O) groups excluding carboxylic acids is 2. The molecule has 2 heterocycles. The van der Waals surface area contributed by atoms with E-state index >= 15 is 0 Å². The van der Waals surface area contributed by atoms with Crippen molar-refractivity contribution < 1.29 is 9.59 Å². The van der Waals surface area contributed by atoms with Crippen molar-refractivity contribution in [3.8, 4) is 5.69 Å². The molecule has 1 aliphatic heterocycles. The number of benzene rings is 2. The maximum Gasteiger partial charge on any atom is 0.270 e. The highest BCUT2D eigenvalue weighted by molar-refractivity contribution is 7.80. The molecule has 31 heavy (non-hydrogen) atoms. The Morgan fingerprint density at radius 2 is 1.42 bits per heavy atom. The van der Waals surface area contributed by atoms with Gasteiger partial charge in [0, 0.05) is 27.5 Å². The number of aromatic nitrogens is 1. The molecule has 1 fully saturated rings. The maximum atomic E-state index is 13.2. The largest absolute Gasteiger partial charge is 0.308 e. The standard InChI is InChI=1S/C22H13Cl2N3O2S2/c23-14-3-7-16(8-4-14)26-11-1-2-13(21(26)30)12-18-19(28)25-22(31)27(20(18)29)17-9-5-15(24)6-10-17/h1-12H,(H,25,28,31)/b18-12+. The summed E-state index contributed by atoms with van der Waals surface area (Å²) in [5, 5.41) is 3.68. The van der Waals surface area contributed by atoms with Gasteiger partial charge in [0.2, 0.25) is 0 Å². The van der Waals surface area contributed by atoms with Crippen LogP contribution in [0.2, 0.25) is 10.0 Å². The third-order valence-corrected chi connectivity index (χ3v) is 5.79. The van der Waals surface area contributed by atoms with E-state index in [9.17, 15) is 9.59 Å². The first-order chi connectivity index (χ1) is 14.8. The second kappa shape index (κ2) is 8.72. The van der Waals surface area contributed by atoms with E-state index in [-0.39, 0.29) is 10.7 Å². The van der Waals surface area contributed by atoms with Crippen LogP contribution in [0.4, 0.5) is 5.69 Å². The smallest absolute Gasteiger partial charge is 0.270 e. The van der Waals surface area contributed by atoms with Gasteiger partial charge in [0.25, 0.3) is 11.8 Å². The molecule has 3 aromatic rings. The minimum absolute atomic E-state index is 0.00245. The zero-order chi connectivity index (χ0) is 22.1. The monoisotopic (exact) mass is 485 g/mol. The van der Waals surface area contributed by atoms with Crippen LogP contribution in [0, 0.1) is 4.64 Å². The van der Waals surface area contributed by atoms with Crippen LogP contribution in [0.1, 0.15) is 5.56 Å². The van der Waals surface area contributed by atoms with E-state index < -0.39 is 11.8 Å². The van der Waals surface area contributed by atoms with Crippen LogP contribution in [0.3, 0.4) is 0 Å². The van der Waals surface area contributed by atoms with Crippen LogP contribution in [0.15, 0.2) is 72.4 Å². The van der Waals surface area contributed by atoms with Gasteiger partial charge in [0.1, 0.15) is 10.2 Å². The molecule has 0 atom stereocenters. The van der Waals surface area contributed by atoms with Crippen LogP contribution in [0.5, 0.6) is 0 Å². The molecule has 1 saturated heterocycles. The van der Waals surface area contributed by atoms with Gasteiger partial charge in [0.05, 0.1) is 5.69 Å². The second-order valence-corrected chi connectivity index (χ2v) is 8.20. The molecule has 0 aliphatic carbocycles. The van der Waals surface area contributed by atoms with Crippen molar-refractivity contribution in [3.05, 3.63) is 92.7 Å². The summed E-state index contributed by atoms with van der Waals surface area (Å²) >= 11 is 22.7. The van der Waals surface area contributed by atoms with Gasteiger partial charge in [0.15, 0.2) is 5.11 Å². The summed E-state index contributed by atoms with van der Waals surface area (Å²) in [4.78, 5) is 27.0. The molecule has 5 nitrogen and oxygen atoms in total. The first kappa shape index (κ1) is 21.4. The van der Waals surface area contributed by atoms with E-state index in [0.29, 0.717) is 25.9 Å². The number of amides is 2. The molecule has 9 heteroatoms. The molecular formula is C22H13Cl2N3O2S2. The summed E-state index contributed by atoms with van der Waals surface area (Å²) in [6.07, 6.45) is 3.27. The highest BCUT2D eigenvalue weighted by Crippen LogP contribution is 2.24. The molecule has 1 aromatic heterocycles. The number of nitrogens with one attached hydrogen (secondary N) is 1. The predicted octanol–water partition coefficient (Wildman–Crippen LogP) is 5.34. The normalized spacial score (nSPS) is 15.4. The van der Waals surface area contributed by atoms with E-state index in [0.717, 1.165) is 5.69 Å². The molecule has 1 N–H and O–H groups in total. The second-order valence-electron chi connectivity index (χ2n) is 6.55. The summed E-state index contributed by atoms with van der Waals surface area (Å²) in [7, 11) is 0. The highest BCUT2D eigenvalue weighted by atomic mass is 35.5. The van der Waals surface area contributed by atoms with Gasteiger partial charge in [-0.2, -0.15) is 0 Å². The average molecular weight is 486 g/mol. The molecule has 154 valence electrons. The van der Waals surface area contributed by atoms with Crippen molar-refractivity contribution in [2.45, 2.75) is 0 Å². The minimum atomic E-state index is -0.587. The number of pyridine rings is 1. The van der Waals surface area contributed by atoms with Crippen molar-refractivity contribution in [2.24, 2.45) is 0 Å². The lowest BCUT2D eigenvalue weighted by Gasteiger charge is -2.29. The van der Waals surface area contributed by atoms with Gasteiger partial charge in [-0.1, -0.05) is 41.5 Å². The predicted molar refractivity (Wildman–Crippen MR) is 129 cm³/mol. The van der Waals surface area contributed by atoms with Crippen molar-refractivity contribution in [1.29, 1.82) is 0 Å². The number of halogens is 2. The molecule has 2 aromatic carbocycles. The van der Waals surface area contributed by atoms with Crippen LogP contribution < -0.4 is 10.2 Å². The number of nitrogens with zero attached hydrogens (tertiary/aromatic N) is 2. The van der Waals surface area contributed by atoms with E-state index in [1.807, 2.05) is 12.1 Å². The fraction of sp³-hybridized carbons (Fsp3) is 0. The van der Waals surface area contributed by atoms with Gasteiger partial charge in [-0.3, -0.25) is 19.8 Å². The fourth-order valence-corrected chi connectivity index (χ4v) is 3.89. The van der Waals surface area contributed by atoms with Gasteiger partial charge in [-0.15, -0.1) is 0 Å². The Labute approximate surface area is 198 Å². The first-order valence-electron chi connectivity index (χ1n) is 9.00. The van der Waals surface area contributed by atoms with Crippen LogP contribution in [-0.4, -0.2) is 21.5 Å². The zero-order valence-corrected chi connectivity index (χ0v) is 18.9. The van der Waals surface area contributed by atoms with Crippen LogP contribution in [0.25, 0.3) is 11.8 Å². The highest BCUT2D eigenvalue weighted by Gasteiger charge is 2.34. The molecule has 1 aliphatic rings. The van der Waals surface area contributed by atoms with Crippen molar-refractivity contribution in [1.82, 2.24) is 9.88 Å². The van der Waals surface area contributed by atoms with Crippen molar-refractivity contribution in [3.63, 3.8) is 0 Å². The summed E-state index contributed by atoms with van der Waals surface area (Å²) in [5.74, 6) is -1.14. The molecule has 2 amide bonds. The van der Waals surface area contributed by atoms with Gasteiger partial charge in [-0.25, -0.2) is 0 Å². The lowest BCUT2D eigenvalue weighted by molar-refractivity contribution is -0.122. The summed E-state index contributed by atoms with van der Waals surface area (Å²) in [6.45, 7) is 0. The van der Waals surface area contributed by atoms with E-state index in [1.165, 1.54) is 11.0 Å². The summed E-state index contributed by atoms with van der Waals surface area (Å²) in [6, 6.07) is 17.3. The summed E-state index contributed by atoms with van der Waals surface area (Å²) < 4.78 is 2.20. The number of hydrogen-bond acceptors (Lipinski definition) is 4. The Bertz CT molecular complexity index is 1300. The Morgan fingerprint density at radius 3 is 2.03 bits per heavy atom. The van der Waals surface area contributed by atoms with E-state index in [2.05, 4.69) is 5.32 Å². The van der Waals surface area contributed by atoms with Crippen molar-refractivity contribution >= 4 is 76.3 Å². The SMILES string of the molecule is O=C1NC(=S)N(c2ccc(Cl)cc2)C(=O)/C1=C/c1cccn(-c2ccc(Cl)cc2)c1=S. The third kappa shape index (κ3) is 4.31. The first-order valence-corrected chi connectivity index (χ1v) is 10.6. The number of rotatable bonds is 3. The summed E-state index contributed by atoms with van der Waals surface area (Å²) in [5.41, 5.74) is 1.75. The van der Waals surface area contributed by atoms with Gasteiger partial charge < -0.3 is 4.57 Å². The molecular weight excluding hydrogens is 473 g/mol. The zero-order valence-electron chi connectivity index (χ0n) is 15.7. The quantitative estimate of drug-likeness (QED) is 0.308. The average Bonchev–Trinajstić information content (AvgIpc) is 2.74.